The molecule has 0 aliphatic heterocycles. The Bertz CT molecular complexity index is 2730. The molecular weight excluding hydrogens is 993 g/mol. The number of benzene rings is 7. The summed E-state index contributed by atoms with van der Waals surface area (Å²) in [4.78, 5) is 5.05. The summed E-state index contributed by atoms with van der Waals surface area (Å²) >= 11 is 7.53. The van der Waals surface area contributed by atoms with Crippen molar-refractivity contribution in [3.05, 3.63) is 210 Å². The van der Waals surface area contributed by atoms with Crippen LogP contribution in [0.1, 0.15) is 152 Å². The Labute approximate surface area is 444 Å². The predicted octanol–water partition coefficient (Wildman–Crippen LogP) is 21.3. The number of allylic oxidation sites excluding steroid dienone is 1. The number of fused-ring (bicyclic) bond motifs is 3. The number of nitrogens with zero attached hydrogens (tertiary/aromatic N) is 2. The van der Waals surface area contributed by atoms with E-state index in [0.29, 0.717) is 0 Å². The van der Waals surface area contributed by atoms with Gasteiger partial charge in [-0.1, -0.05) is 162 Å². The fourth-order valence-corrected chi connectivity index (χ4v) is 12.5. The van der Waals surface area contributed by atoms with Crippen LogP contribution < -0.4 is 9.80 Å². The Morgan fingerprint density at radius 1 is 0.451 bits per heavy atom. The van der Waals surface area contributed by atoms with Crippen molar-refractivity contribution in [2.24, 2.45) is 0 Å². The summed E-state index contributed by atoms with van der Waals surface area (Å²) in [5.41, 5.74) is 24.3. The van der Waals surface area contributed by atoms with Gasteiger partial charge in [0.1, 0.15) is 0 Å². The summed E-state index contributed by atoms with van der Waals surface area (Å²) in [6.45, 7) is 22.4. The minimum Gasteiger partial charge on any atom is -0.310 e. The molecule has 71 heavy (non-hydrogen) atoms. The van der Waals surface area contributed by atoms with Gasteiger partial charge in [0.2, 0.25) is 0 Å². The summed E-state index contributed by atoms with van der Waals surface area (Å²) in [5, 5.41) is 0. The minimum absolute atomic E-state index is 0.430. The van der Waals surface area contributed by atoms with Gasteiger partial charge in [0, 0.05) is 37.1 Å². The third-order valence-electron chi connectivity index (χ3n) is 15.0. The first-order valence-corrected chi connectivity index (χ1v) is 28.3. The van der Waals surface area contributed by atoms with Gasteiger partial charge in [-0.2, -0.15) is 0 Å². The average molecular weight is 1070 g/mol. The van der Waals surface area contributed by atoms with Crippen molar-refractivity contribution in [3.63, 3.8) is 0 Å². The molecule has 0 aromatic heterocycles. The zero-order valence-corrected chi connectivity index (χ0v) is 47.1. The molecule has 0 atom stereocenters. The van der Waals surface area contributed by atoms with Crippen molar-refractivity contribution in [1.82, 2.24) is 0 Å². The molecule has 1 aliphatic carbocycles. The van der Waals surface area contributed by atoms with Gasteiger partial charge in [0.15, 0.2) is 0 Å². The van der Waals surface area contributed by atoms with Crippen LogP contribution in [0, 0.1) is 41.5 Å². The molecule has 7 aromatic rings. The number of hydrogen-bond donors (Lipinski definition) is 0. The number of hydrogen-bond acceptors (Lipinski definition) is 2. The molecule has 368 valence electrons. The van der Waals surface area contributed by atoms with Crippen LogP contribution in [-0.4, -0.2) is 0 Å². The van der Waals surface area contributed by atoms with E-state index in [4.69, 9.17) is 0 Å². The van der Waals surface area contributed by atoms with Gasteiger partial charge in [-0.3, -0.25) is 0 Å². The maximum Gasteiger partial charge on any atom is 0.0520 e. The number of anilines is 6. The first kappa shape index (κ1) is 52.2. The van der Waals surface area contributed by atoms with Crippen LogP contribution in [0.5, 0.6) is 0 Å². The van der Waals surface area contributed by atoms with E-state index in [-0.39, 0.29) is 0 Å². The van der Waals surface area contributed by atoms with Crippen LogP contribution in [-0.2, 0) is 18.3 Å². The molecule has 0 fully saturated rings. The molecule has 0 saturated carbocycles. The molecule has 0 radical (unpaired) electrons. The summed E-state index contributed by atoms with van der Waals surface area (Å²) in [7, 11) is 0. The maximum atomic E-state index is 4.19. The molecule has 1 aliphatic rings. The zero-order valence-electron chi connectivity index (χ0n) is 44.0. The van der Waals surface area contributed by atoms with Crippen LogP contribution in [0.25, 0.3) is 11.1 Å². The van der Waals surface area contributed by atoms with Crippen LogP contribution >= 0.6 is 31.9 Å². The first-order chi connectivity index (χ1) is 34.4. The molecule has 7 aromatic carbocycles. The highest BCUT2D eigenvalue weighted by atomic mass is 79.9. The lowest BCUT2D eigenvalue weighted by Gasteiger charge is -2.36. The predicted molar refractivity (Wildman–Crippen MR) is 316 cm³/mol. The van der Waals surface area contributed by atoms with Gasteiger partial charge in [-0.25, -0.2) is 0 Å². The van der Waals surface area contributed by atoms with E-state index < -0.39 is 5.41 Å². The lowest BCUT2D eigenvalue weighted by atomic mass is 9.68. The van der Waals surface area contributed by atoms with E-state index in [9.17, 15) is 0 Å². The summed E-state index contributed by atoms with van der Waals surface area (Å²) in [6, 6.07) is 49.9. The lowest BCUT2D eigenvalue weighted by Crippen LogP contribution is -2.28. The van der Waals surface area contributed by atoms with Crippen LogP contribution in [0.15, 0.2) is 149 Å². The van der Waals surface area contributed by atoms with Gasteiger partial charge in [-0.15, -0.1) is 6.58 Å². The van der Waals surface area contributed by atoms with Gasteiger partial charge in [0.05, 0.1) is 11.4 Å². The van der Waals surface area contributed by atoms with E-state index in [1.807, 2.05) is 0 Å². The fraction of sp³-hybridized carbons (Fsp3) is 0.343. The molecule has 0 spiro atoms. The second kappa shape index (κ2) is 23.6. The van der Waals surface area contributed by atoms with E-state index in [2.05, 4.69) is 237 Å². The monoisotopic (exact) mass is 1070 g/mol. The highest BCUT2D eigenvalue weighted by Gasteiger charge is 2.45. The van der Waals surface area contributed by atoms with Crippen molar-refractivity contribution >= 4 is 66.0 Å². The van der Waals surface area contributed by atoms with Crippen LogP contribution in [0.3, 0.4) is 0 Å². The molecule has 0 heterocycles. The smallest absolute Gasteiger partial charge is 0.0520 e. The summed E-state index contributed by atoms with van der Waals surface area (Å²) < 4.78 is 2.15. The van der Waals surface area contributed by atoms with Gasteiger partial charge in [0.25, 0.3) is 0 Å². The summed E-state index contributed by atoms with van der Waals surface area (Å²) in [5.74, 6) is 0. The van der Waals surface area contributed by atoms with Crippen molar-refractivity contribution in [3.8, 4) is 11.1 Å². The number of halogens is 2. The first-order valence-electron chi connectivity index (χ1n) is 26.7. The van der Waals surface area contributed by atoms with E-state index in [0.717, 1.165) is 58.8 Å². The Balaban J connectivity index is 1.44. The average Bonchev–Trinajstić information content (AvgIpc) is 3.62. The number of unbranched alkanes of at least 4 members (excludes halogenated alkanes) is 8. The van der Waals surface area contributed by atoms with Crippen LogP contribution in [0.4, 0.5) is 34.1 Å². The normalized spacial score (nSPS) is 12.5. The topological polar surface area (TPSA) is 6.48 Å². The highest BCUT2D eigenvalue weighted by molar-refractivity contribution is 9.10. The molecule has 8 rings (SSSR count). The number of rotatable bonds is 22. The Morgan fingerprint density at radius 2 is 0.859 bits per heavy atom. The Hall–Kier alpha value is -5.16. The quantitative estimate of drug-likeness (QED) is 0.0493. The fourth-order valence-electron chi connectivity index (χ4n) is 11.9. The third-order valence-corrected chi connectivity index (χ3v) is 16.1. The molecule has 0 N–H and O–H groups in total. The van der Waals surface area contributed by atoms with Crippen molar-refractivity contribution in [1.29, 1.82) is 0 Å². The minimum atomic E-state index is -0.430. The third kappa shape index (κ3) is 11.4. The van der Waals surface area contributed by atoms with E-state index >= 15 is 0 Å². The standard InChI is InChI=1S/C67H76Br2N2/c1-10-13-16-19-22-52-41-53(23-20-17-14-11-2)43-54(42-52)67(36-21-18-15-12-3)63-44-59(70(57-28-24-55(68)25-29-57)65-48(6)37-46(4)38-49(65)7)32-34-61(63)62-35-33-60(45-64(62)67)71(58-30-26-56(69)27-31-58)66-50(8)39-47(5)40-51(66)9/h12,24-35,37-45H,3,10-11,13-23,36H2,1-2,4-9H3. The zero-order chi connectivity index (χ0) is 50.2. The van der Waals surface area contributed by atoms with Gasteiger partial charge >= 0.3 is 0 Å². The molecule has 0 bridgehead atoms. The van der Waals surface area contributed by atoms with Crippen molar-refractivity contribution in [2.75, 3.05) is 9.80 Å². The second-order valence-electron chi connectivity index (χ2n) is 20.7. The molecule has 0 saturated heterocycles. The number of aryl methyl sites for hydroxylation is 8. The Morgan fingerprint density at radius 3 is 1.25 bits per heavy atom. The van der Waals surface area contributed by atoms with Gasteiger partial charge < -0.3 is 9.80 Å². The van der Waals surface area contributed by atoms with E-state index in [1.54, 1.807) is 0 Å². The van der Waals surface area contributed by atoms with Gasteiger partial charge in [-0.05, 0) is 220 Å². The molecule has 4 heteroatoms. The molecular formula is C67H76Br2N2. The molecule has 2 nitrogen and oxygen atoms in total. The van der Waals surface area contributed by atoms with E-state index in [1.165, 1.54) is 146 Å². The molecule has 0 amide bonds. The lowest BCUT2D eigenvalue weighted by molar-refractivity contribution is 0.528. The second-order valence-corrected chi connectivity index (χ2v) is 22.5. The molecule has 0 unspecified atom stereocenters. The summed E-state index contributed by atoms with van der Waals surface area (Å²) in [6.07, 6.45) is 18.5. The van der Waals surface area contributed by atoms with Crippen LogP contribution in [0.2, 0.25) is 0 Å². The maximum absolute atomic E-state index is 4.19. The Kier molecular flexibility index (Phi) is 17.3. The van der Waals surface area contributed by atoms with Crippen molar-refractivity contribution in [2.45, 2.75) is 151 Å². The SMILES string of the molecule is C=CCCCCC1(c2cc(CCCCCC)cc(CCCCCC)c2)c2cc(N(c3ccc(Br)cc3)c3c(C)cc(C)cc3C)ccc2-c2ccc(N(c3ccc(Br)cc3)c3c(C)cc(C)cc3C)cc21. The van der Waals surface area contributed by atoms with Crippen molar-refractivity contribution < 1.29 is 0 Å². The highest BCUT2D eigenvalue weighted by Crippen LogP contribution is 2.58. The largest absolute Gasteiger partial charge is 0.310 e.